The van der Waals surface area contributed by atoms with E-state index in [0.29, 0.717) is 6.42 Å². The molecule has 5 nitrogen and oxygen atoms in total. The van der Waals surface area contributed by atoms with Gasteiger partial charge in [-0.1, -0.05) is 36.4 Å². The number of anilines is 2. The van der Waals surface area contributed by atoms with Crippen LogP contribution in [0.5, 0.6) is 0 Å². The molecule has 2 aliphatic rings. The second-order valence-corrected chi connectivity index (χ2v) is 11.6. The summed E-state index contributed by atoms with van der Waals surface area (Å²) in [6.07, 6.45) is 19.6. The molecule has 0 saturated heterocycles. The number of benzene rings is 2. The molecule has 0 N–H and O–H groups in total. The molecule has 2 aliphatic carbocycles. The topological polar surface area (TPSA) is 35.8 Å². The second-order valence-electron chi connectivity index (χ2n) is 11.6. The first-order valence-electron chi connectivity index (χ1n) is 15.5. The Labute approximate surface area is 253 Å². The van der Waals surface area contributed by atoms with E-state index < -0.39 is 0 Å². The highest BCUT2D eigenvalue weighted by Gasteiger charge is 2.17. The average Bonchev–Trinajstić information content (AvgIpc) is 2.98. The molecule has 0 fully saturated rings. The van der Waals surface area contributed by atoms with E-state index in [4.69, 9.17) is 4.74 Å². The molecular formula is C37H48N3O2+. The summed E-state index contributed by atoms with van der Waals surface area (Å²) in [6.45, 7) is 3.88. The number of carbonyl (C=O) groups excluding carboxylic acids is 1. The smallest absolute Gasteiger partial charge is 0.306 e. The highest BCUT2D eigenvalue weighted by atomic mass is 16.5. The first-order valence-corrected chi connectivity index (χ1v) is 15.5. The van der Waals surface area contributed by atoms with Crippen molar-refractivity contribution in [3.8, 4) is 0 Å². The van der Waals surface area contributed by atoms with Crippen molar-refractivity contribution >= 4 is 28.6 Å². The fourth-order valence-electron chi connectivity index (χ4n) is 5.56. The van der Waals surface area contributed by atoms with Crippen molar-refractivity contribution in [2.24, 2.45) is 0 Å². The molecule has 222 valence electrons. The molecule has 0 amide bonds. The quantitative estimate of drug-likeness (QED) is 0.170. The van der Waals surface area contributed by atoms with Gasteiger partial charge in [-0.25, -0.2) is 4.58 Å². The summed E-state index contributed by atoms with van der Waals surface area (Å²) in [5.74, 6) is -0.0595. The Kier molecular flexibility index (Phi) is 11.4. The third kappa shape index (κ3) is 8.58. The summed E-state index contributed by atoms with van der Waals surface area (Å²) in [5, 5.41) is 0. The van der Waals surface area contributed by atoms with E-state index in [0.717, 1.165) is 51.6 Å². The van der Waals surface area contributed by atoms with Crippen molar-refractivity contribution in [1.29, 1.82) is 0 Å². The average molecular weight is 567 g/mol. The van der Waals surface area contributed by atoms with Gasteiger partial charge in [0.05, 0.1) is 0 Å². The van der Waals surface area contributed by atoms with Crippen molar-refractivity contribution in [2.45, 2.75) is 58.0 Å². The van der Waals surface area contributed by atoms with Crippen molar-refractivity contribution < 1.29 is 14.1 Å². The molecule has 0 aliphatic heterocycles. The zero-order valence-electron chi connectivity index (χ0n) is 26.2. The Bertz CT molecular complexity index is 1320. The molecule has 1 unspecified atom stereocenters. The Balaban J connectivity index is 1.46. The molecule has 42 heavy (non-hydrogen) atoms. The van der Waals surface area contributed by atoms with Gasteiger partial charge in [-0.15, -0.1) is 0 Å². The molecule has 0 heterocycles. The van der Waals surface area contributed by atoms with Gasteiger partial charge in [0.25, 0.3) is 0 Å². The maximum atomic E-state index is 12.6. The summed E-state index contributed by atoms with van der Waals surface area (Å²) >= 11 is 0. The minimum atomic E-state index is -0.0595. The molecule has 0 spiro atoms. The molecule has 5 heteroatoms. The molecule has 2 aromatic rings. The van der Waals surface area contributed by atoms with Crippen LogP contribution in [0.4, 0.5) is 11.4 Å². The lowest BCUT2D eigenvalue weighted by molar-refractivity contribution is -0.462. The van der Waals surface area contributed by atoms with Gasteiger partial charge >= 0.3 is 5.97 Å². The third-order valence-corrected chi connectivity index (χ3v) is 8.07. The minimum absolute atomic E-state index is 0.0595. The van der Waals surface area contributed by atoms with Gasteiger partial charge in [-0.3, -0.25) is 4.79 Å². The van der Waals surface area contributed by atoms with Gasteiger partial charge in [0, 0.05) is 57.1 Å². The predicted octanol–water partition coefficient (Wildman–Crippen LogP) is 7.43. The summed E-state index contributed by atoms with van der Waals surface area (Å²) in [7, 11) is 8.27. The predicted molar refractivity (Wildman–Crippen MR) is 178 cm³/mol. The third-order valence-electron chi connectivity index (χ3n) is 8.07. The molecule has 0 radical (unpaired) electrons. The van der Waals surface area contributed by atoms with Crippen LogP contribution in [0.15, 0.2) is 90.6 Å². The summed E-state index contributed by atoms with van der Waals surface area (Å²) in [5.41, 5.74) is 8.32. The van der Waals surface area contributed by atoms with Crippen LogP contribution in [-0.2, 0) is 9.53 Å². The Morgan fingerprint density at radius 1 is 0.857 bits per heavy atom. The summed E-state index contributed by atoms with van der Waals surface area (Å²) in [6, 6.07) is 17.6. The maximum Gasteiger partial charge on any atom is 0.306 e. The number of ether oxygens (including phenoxy) is 1. The van der Waals surface area contributed by atoms with Crippen LogP contribution in [0.1, 0.15) is 63.0 Å². The lowest BCUT2D eigenvalue weighted by Crippen LogP contribution is -2.25. The zero-order chi connectivity index (χ0) is 29.9. The lowest BCUT2D eigenvalue weighted by Gasteiger charge is -2.24. The fraction of sp³-hybridized carbons (Fsp3) is 0.405. The zero-order valence-corrected chi connectivity index (χ0v) is 26.2. The Hall–Kier alpha value is -3.86. The van der Waals surface area contributed by atoms with Gasteiger partial charge in [-0.05, 0) is 104 Å². The van der Waals surface area contributed by atoms with E-state index in [-0.39, 0.29) is 12.1 Å². The largest absolute Gasteiger partial charge is 0.462 e. The number of carbonyl (C=O) groups is 1. The molecule has 1 atom stereocenters. The number of esters is 1. The van der Waals surface area contributed by atoms with Gasteiger partial charge in [0.1, 0.15) is 20.2 Å². The van der Waals surface area contributed by atoms with Crippen LogP contribution in [-0.4, -0.2) is 63.6 Å². The number of hydrogen-bond acceptors (Lipinski definition) is 4. The van der Waals surface area contributed by atoms with Gasteiger partial charge in [0.15, 0.2) is 5.71 Å². The standard InChI is InChI=1S/C37H48N3O2/c1-6-40(28-12-15-36(41)42-35-13-10-8-7-9-11-14-35)34-26-20-31(21-27-34)37(29-16-22-32(23-17-29)38(2)3)30-18-24-33(25-19-30)39(4)5/h7-8,16-27,35H,6,9-15,28H2,1-5H3/q+1/b8-7+. The molecule has 0 bridgehead atoms. The van der Waals surface area contributed by atoms with Crippen LogP contribution in [0.2, 0.25) is 0 Å². The molecule has 4 rings (SSSR count). The van der Waals surface area contributed by atoms with E-state index in [2.05, 4.69) is 134 Å². The van der Waals surface area contributed by atoms with Crippen molar-refractivity contribution in [2.75, 3.05) is 51.1 Å². The first kappa shape index (κ1) is 31.1. The van der Waals surface area contributed by atoms with Crippen LogP contribution in [0.3, 0.4) is 0 Å². The number of nitrogens with zero attached hydrogens (tertiary/aromatic N) is 3. The number of rotatable bonds is 10. The minimum Gasteiger partial charge on any atom is -0.462 e. The van der Waals surface area contributed by atoms with Gasteiger partial charge < -0.3 is 14.5 Å². The lowest BCUT2D eigenvalue weighted by atomic mass is 9.90. The van der Waals surface area contributed by atoms with Crippen LogP contribution >= 0.6 is 0 Å². The maximum absolute atomic E-state index is 12.6. The molecule has 0 saturated carbocycles. The number of hydrogen-bond donors (Lipinski definition) is 0. The summed E-state index contributed by atoms with van der Waals surface area (Å²) < 4.78 is 7.94. The van der Waals surface area contributed by atoms with Crippen molar-refractivity contribution in [3.05, 3.63) is 102 Å². The van der Waals surface area contributed by atoms with E-state index >= 15 is 0 Å². The highest BCUT2D eigenvalue weighted by Crippen LogP contribution is 2.32. The van der Waals surface area contributed by atoms with Crippen molar-refractivity contribution in [3.63, 3.8) is 0 Å². The molecule has 0 aromatic heterocycles. The monoisotopic (exact) mass is 566 g/mol. The Morgan fingerprint density at radius 3 is 2.07 bits per heavy atom. The van der Waals surface area contributed by atoms with Crippen LogP contribution in [0, 0.1) is 0 Å². The van der Waals surface area contributed by atoms with E-state index in [9.17, 15) is 4.79 Å². The van der Waals surface area contributed by atoms with E-state index in [1.165, 1.54) is 39.4 Å². The SMILES string of the molecule is CCN(CCCC(=O)OC1CC/C=C/CCC1)c1ccc(C(=C2C=CC(=[N+](C)C)C=C2)c2ccc(N(C)C)cc2)cc1. The normalized spacial score (nSPS) is 17.3. The number of allylic oxidation sites excluding steroid dienone is 7. The molecular weight excluding hydrogens is 518 g/mol. The molecule has 2 aromatic carbocycles. The van der Waals surface area contributed by atoms with Gasteiger partial charge in [0.2, 0.25) is 0 Å². The van der Waals surface area contributed by atoms with E-state index in [1.54, 1.807) is 0 Å². The summed E-state index contributed by atoms with van der Waals surface area (Å²) in [4.78, 5) is 17.0. The highest BCUT2D eigenvalue weighted by molar-refractivity contribution is 6.04. The van der Waals surface area contributed by atoms with Gasteiger partial charge in [-0.2, -0.15) is 0 Å². The van der Waals surface area contributed by atoms with Crippen LogP contribution in [0.25, 0.3) is 5.57 Å². The first-order chi connectivity index (χ1) is 20.4. The van der Waals surface area contributed by atoms with Crippen molar-refractivity contribution in [1.82, 2.24) is 0 Å². The Morgan fingerprint density at radius 2 is 1.48 bits per heavy atom. The van der Waals surface area contributed by atoms with Crippen LogP contribution < -0.4 is 9.80 Å². The second kappa shape index (κ2) is 15.4. The van der Waals surface area contributed by atoms with E-state index in [1.807, 2.05) is 0 Å². The fourth-order valence-corrected chi connectivity index (χ4v) is 5.56.